The van der Waals surface area contributed by atoms with Crippen LogP contribution in [-0.2, 0) is 0 Å². The van der Waals surface area contributed by atoms with Crippen molar-refractivity contribution in [2.75, 3.05) is 0 Å². The van der Waals surface area contributed by atoms with E-state index in [-0.39, 0.29) is 16.0 Å². The van der Waals surface area contributed by atoms with Crippen molar-refractivity contribution in [1.82, 2.24) is 4.98 Å². The minimum absolute atomic E-state index is 0.0414. The fourth-order valence-electron chi connectivity index (χ4n) is 3.54. The van der Waals surface area contributed by atoms with Gasteiger partial charge >= 0.3 is 0 Å². The highest BCUT2D eigenvalue weighted by Gasteiger charge is 2.18. The van der Waals surface area contributed by atoms with Gasteiger partial charge in [-0.2, -0.15) is 0 Å². The maximum atomic E-state index is 10.2. The van der Waals surface area contributed by atoms with Crippen molar-refractivity contribution in [3.05, 3.63) is 118 Å². The third kappa shape index (κ3) is 5.13. The lowest BCUT2D eigenvalue weighted by atomic mass is 10.0. The standard InChI is InChI=1S/C27H18Cl2N2OS2/c28-20-13-19(25(32)22(29)14-20)16-30-21-11-12-23-24(15-21)33-27(31-23)34-26(17-7-3-1-4-8-17)18-9-5-2-6-10-18/h1-16,26,32H. The highest BCUT2D eigenvalue weighted by atomic mass is 35.5. The van der Waals surface area contributed by atoms with Crippen molar-refractivity contribution in [3.63, 3.8) is 0 Å². The summed E-state index contributed by atoms with van der Waals surface area (Å²) in [6, 6.07) is 30.0. The lowest BCUT2D eigenvalue weighted by Crippen LogP contribution is -1.96. The molecule has 5 rings (SSSR count). The number of aromatic hydroxyl groups is 1. The van der Waals surface area contributed by atoms with Crippen LogP contribution in [0.4, 0.5) is 5.69 Å². The Bertz CT molecular complexity index is 1430. The molecular weight excluding hydrogens is 503 g/mol. The molecule has 0 saturated carbocycles. The van der Waals surface area contributed by atoms with Crippen molar-refractivity contribution < 1.29 is 5.11 Å². The molecule has 1 aromatic heterocycles. The molecule has 34 heavy (non-hydrogen) atoms. The maximum Gasteiger partial charge on any atom is 0.152 e. The van der Waals surface area contributed by atoms with Crippen LogP contribution in [0.3, 0.4) is 0 Å². The predicted molar refractivity (Wildman–Crippen MR) is 146 cm³/mol. The van der Waals surface area contributed by atoms with Crippen molar-refractivity contribution in [2.24, 2.45) is 4.99 Å². The Kier molecular flexibility index (Phi) is 6.88. The van der Waals surface area contributed by atoms with Crippen LogP contribution in [-0.4, -0.2) is 16.3 Å². The molecule has 168 valence electrons. The second kappa shape index (κ2) is 10.2. The summed E-state index contributed by atoms with van der Waals surface area (Å²) in [7, 11) is 0. The molecule has 3 nitrogen and oxygen atoms in total. The molecular formula is C27H18Cl2N2OS2. The minimum atomic E-state index is -0.0414. The topological polar surface area (TPSA) is 45.5 Å². The first kappa shape index (κ1) is 22.9. The van der Waals surface area contributed by atoms with E-state index in [9.17, 15) is 5.11 Å². The highest BCUT2D eigenvalue weighted by Crippen LogP contribution is 2.43. The molecule has 0 amide bonds. The summed E-state index contributed by atoms with van der Waals surface area (Å²) in [5.41, 5.74) is 4.63. The zero-order valence-electron chi connectivity index (χ0n) is 17.7. The van der Waals surface area contributed by atoms with Gasteiger partial charge in [-0.3, -0.25) is 4.99 Å². The molecule has 0 atom stereocenters. The van der Waals surface area contributed by atoms with Gasteiger partial charge < -0.3 is 5.11 Å². The van der Waals surface area contributed by atoms with Gasteiger partial charge in [0.05, 0.1) is 26.2 Å². The highest BCUT2D eigenvalue weighted by molar-refractivity contribution is 8.01. The molecule has 5 aromatic rings. The molecule has 1 heterocycles. The van der Waals surface area contributed by atoms with Crippen LogP contribution in [0.1, 0.15) is 21.9 Å². The zero-order valence-corrected chi connectivity index (χ0v) is 20.9. The first-order valence-electron chi connectivity index (χ1n) is 10.5. The number of phenolic OH excluding ortho intramolecular Hbond substituents is 1. The van der Waals surface area contributed by atoms with E-state index in [1.165, 1.54) is 17.2 Å². The molecule has 4 aromatic carbocycles. The Morgan fingerprint density at radius 2 is 1.56 bits per heavy atom. The molecule has 0 unspecified atom stereocenters. The fourth-order valence-corrected chi connectivity index (χ4v) is 6.47. The van der Waals surface area contributed by atoms with E-state index in [0.29, 0.717) is 10.6 Å². The number of fused-ring (bicyclic) bond motifs is 1. The fraction of sp³-hybridized carbons (Fsp3) is 0.0370. The third-order valence-electron chi connectivity index (χ3n) is 5.19. The summed E-state index contributed by atoms with van der Waals surface area (Å²) in [6.45, 7) is 0. The number of benzene rings is 4. The van der Waals surface area contributed by atoms with Crippen LogP contribution in [0, 0.1) is 0 Å². The summed E-state index contributed by atoms with van der Waals surface area (Å²) in [6.07, 6.45) is 1.56. The molecule has 0 fully saturated rings. The van der Waals surface area contributed by atoms with E-state index in [2.05, 4.69) is 53.5 Å². The molecule has 0 bridgehead atoms. The molecule has 0 spiro atoms. The lowest BCUT2D eigenvalue weighted by molar-refractivity contribution is 0.475. The van der Waals surface area contributed by atoms with E-state index < -0.39 is 0 Å². The number of aliphatic imine (C=N–C) groups is 1. The Morgan fingerprint density at radius 1 is 0.882 bits per heavy atom. The van der Waals surface area contributed by atoms with Gasteiger partial charge in [0.1, 0.15) is 5.75 Å². The number of thiazole rings is 1. The van der Waals surface area contributed by atoms with E-state index in [0.717, 1.165) is 20.2 Å². The van der Waals surface area contributed by atoms with Gasteiger partial charge in [-0.05, 0) is 41.5 Å². The smallest absolute Gasteiger partial charge is 0.152 e. The molecule has 0 radical (unpaired) electrons. The van der Waals surface area contributed by atoms with Gasteiger partial charge in [0.25, 0.3) is 0 Å². The number of aromatic nitrogens is 1. The largest absolute Gasteiger partial charge is 0.506 e. The Morgan fingerprint density at radius 3 is 2.24 bits per heavy atom. The first-order chi connectivity index (χ1) is 16.6. The van der Waals surface area contributed by atoms with Gasteiger partial charge in [-0.1, -0.05) is 95.6 Å². The van der Waals surface area contributed by atoms with Gasteiger partial charge in [0, 0.05) is 16.8 Å². The summed E-state index contributed by atoms with van der Waals surface area (Å²) in [5, 5.41) is 10.9. The van der Waals surface area contributed by atoms with Crippen LogP contribution in [0.2, 0.25) is 10.0 Å². The number of hydrogen-bond acceptors (Lipinski definition) is 5. The van der Waals surface area contributed by atoms with Gasteiger partial charge in [0.2, 0.25) is 0 Å². The van der Waals surface area contributed by atoms with Crippen molar-refractivity contribution in [3.8, 4) is 5.75 Å². The van der Waals surface area contributed by atoms with E-state index in [1.807, 2.05) is 30.3 Å². The Balaban J connectivity index is 1.43. The number of phenols is 1. The Labute approximate surface area is 215 Å². The van der Waals surface area contributed by atoms with Crippen LogP contribution < -0.4 is 0 Å². The summed E-state index contributed by atoms with van der Waals surface area (Å²) < 4.78 is 2.04. The number of nitrogens with zero attached hydrogens (tertiary/aromatic N) is 2. The van der Waals surface area contributed by atoms with E-state index in [4.69, 9.17) is 28.2 Å². The number of rotatable bonds is 6. The van der Waals surface area contributed by atoms with Gasteiger partial charge in [0.15, 0.2) is 4.34 Å². The van der Waals surface area contributed by atoms with Crippen LogP contribution >= 0.6 is 46.3 Å². The normalized spacial score (nSPS) is 11.6. The summed E-state index contributed by atoms with van der Waals surface area (Å²) in [4.78, 5) is 9.36. The van der Waals surface area contributed by atoms with Crippen molar-refractivity contribution in [2.45, 2.75) is 9.59 Å². The zero-order chi connectivity index (χ0) is 23.5. The van der Waals surface area contributed by atoms with Crippen LogP contribution in [0.25, 0.3) is 10.2 Å². The minimum Gasteiger partial charge on any atom is -0.506 e. The van der Waals surface area contributed by atoms with Gasteiger partial charge in [-0.15, -0.1) is 11.3 Å². The molecule has 7 heteroatoms. The van der Waals surface area contributed by atoms with E-state index in [1.54, 1.807) is 35.4 Å². The Hall–Kier alpha value is -2.83. The second-order valence-electron chi connectivity index (χ2n) is 7.53. The molecule has 0 aliphatic rings. The number of hydrogen-bond donors (Lipinski definition) is 1. The summed E-state index contributed by atoms with van der Waals surface area (Å²) in [5.74, 6) is -0.0414. The third-order valence-corrected chi connectivity index (χ3v) is 8.12. The quantitative estimate of drug-likeness (QED) is 0.179. The molecule has 0 aliphatic heterocycles. The van der Waals surface area contributed by atoms with Crippen LogP contribution in [0.15, 0.2) is 100 Å². The molecule has 0 aliphatic carbocycles. The monoisotopic (exact) mass is 520 g/mol. The summed E-state index contributed by atoms with van der Waals surface area (Å²) >= 11 is 15.4. The first-order valence-corrected chi connectivity index (χ1v) is 12.9. The second-order valence-corrected chi connectivity index (χ2v) is 10.8. The van der Waals surface area contributed by atoms with Crippen molar-refractivity contribution >= 4 is 68.4 Å². The van der Waals surface area contributed by atoms with Crippen molar-refractivity contribution in [1.29, 1.82) is 0 Å². The number of halogens is 2. The molecule has 1 N–H and O–H groups in total. The lowest BCUT2D eigenvalue weighted by Gasteiger charge is -2.16. The predicted octanol–water partition coefficient (Wildman–Crippen LogP) is 8.94. The number of thioether (sulfide) groups is 1. The van der Waals surface area contributed by atoms with Gasteiger partial charge in [-0.25, -0.2) is 4.98 Å². The maximum absolute atomic E-state index is 10.2. The van der Waals surface area contributed by atoms with E-state index >= 15 is 0 Å². The average Bonchev–Trinajstić information content (AvgIpc) is 3.27. The van der Waals surface area contributed by atoms with Crippen LogP contribution in [0.5, 0.6) is 5.75 Å². The average molecular weight is 521 g/mol. The SMILES string of the molecule is Oc1c(Cl)cc(Cl)cc1C=Nc1ccc2nc(SC(c3ccccc3)c3ccccc3)sc2c1. The molecule has 0 saturated heterocycles.